The predicted octanol–water partition coefficient (Wildman–Crippen LogP) is 14.6. The van der Waals surface area contributed by atoms with Gasteiger partial charge in [0.2, 0.25) is 0 Å². The van der Waals surface area contributed by atoms with Crippen molar-refractivity contribution in [2.24, 2.45) is 0 Å². The molecule has 11 aromatic rings. The third-order valence-corrected chi connectivity index (χ3v) is 13.3. The first kappa shape index (κ1) is 36.3. The van der Waals surface area contributed by atoms with Crippen molar-refractivity contribution in [1.82, 2.24) is 19.9 Å². The molecular weight excluding hydrogens is 777 g/mol. The molecule has 0 fully saturated rings. The normalized spacial score (nSPS) is 14.6. The molecule has 14 rings (SSSR count). The zero-order valence-corrected chi connectivity index (χ0v) is 34.7. The van der Waals surface area contributed by atoms with Crippen molar-refractivity contribution in [1.29, 1.82) is 0 Å². The van der Waals surface area contributed by atoms with Crippen LogP contribution in [0.2, 0.25) is 0 Å². The van der Waals surface area contributed by atoms with Gasteiger partial charge in [0.25, 0.3) is 0 Å². The van der Waals surface area contributed by atoms with Crippen LogP contribution in [0, 0.1) is 0 Å². The van der Waals surface area contributed by atoms with E-state index in [0.29, 0.717) is 11.6 Å². The van der Waals surface area contributed by atoms with Crippen molar-refractivity contribution >= 4 is 21.5 Å². The molecule has 0 aliphatic heterocycles. The van der Waals surface area contributed by atoms with E-state index >= 15 is 0 Å². The summed E-state index contributed by atoms with van der Waals surface area (Å²) < 4.78 is 0. The maximum Gasteiger partial charge on any atom is 0.160 e. The predicted molar refractivity (Wildman–Crippen MR) is 260 cm³/mol. The van der Waals surface area contributed by atoms with E-state index in [1.807, 2.05) is 12.1 Å². The first-order valence-electron chi connectivity index (χ1n) is 21.9. The minimum atomic E-state index is 0.0738. The maximum atomic E-state index is 5.28. The molecule has 3 aliphatic carbocycles. The van der Waals surface area contributed by atoms with Crippen molar-refractivity contribution in [2.45, 2.75) is 11.8 Å². The highest BCUT2D eigenvalue weighted by Gasteiger charge is 2.41. The first-order chi connectivity index (χ1) is 31.7. The Hall–Kier alpha value is -8.34. The number of hydrogen-bond acceptors (Lipinski definition) is 4. The zero-order chi connectivity index (χ0) is 42.1. The minimum absolute atomic E-state index is 0.0738. The highest BCUT2D eigenvalue weighted by atomic mass is 14.9. The molecule has 2 bridgehead atoms. The summed E-state index contributed by atoms with van der Waals surface area (Å²) in [4.78, 5) is 21.0. The van der Waals surface area contributed by atoms with E-state index in [1.54, 1.807) is 0 Å². The highest BCUT2D eigenvalue weighted by molar-refractivity contribution is 5.97. The van der Waals surface area contributed by atoms with E-state index in [0.717, 1.165) is 56.2 Å². The number of hydrogen-bond donors (Lipinski definition) is 0. The number of rotatable bonds is 6. The van der Waals surface area contributed by atoms with Gasteiger partial charge >= 0.3 is 0 Å². The van der Waals surface area contributed by atoms with E-state index in [9.17, 15) is 0 Å². The lowest BCUT2D eigenvalue weighted by Crippen LogP contribution is -2.27. The molecule has 4 heteroatoms. The molecular formula is C60H38N4. The summed E-state index contributed by atoms with van der Waals surface area (Å²) in [6.45, 7) is 0. The van der Waals surface area contributed by atoms with Gasteiger partial charge in [-0.1, -0.05) is 194 Å². The molecule has 0 N–H and O–H groups in total. The molecule has 2 aromatic heterocycles. The van der Waals surface area contributed by atoms with Gasteiger partial charge in [0.15, 0.2) is 11.6 Å². The minimum Gasteiger partial charge on any atom is -0.228 e. The van der Waals surface area contributed by atoms with Crippen LogP contribution in [-0.2, 0) is 0 Å². The standard InChI is InChI=1S/C60H38N4/c1-3-17-39(18-4-1)59-61-53(35-55(63-59)45-27-13-21-37-15-7-9-23-43(37)45)41-29-31-49-51(33-41)57-47-25-11-12-26-48(47)58(49)52-34-42(30-32-50(52)57)54-36-56(64-60(62-54)40-19-5-2-6-20-40)46-28-14-22-38-16-8-10-24-44(38)46/h1-36,57-58H. The van der Waals surface area contributed by atoms with E-state index in [2.05, 4.69) is 206 Å². The van der Waals surface area contributed by atoms with Crippen molar-refractivity contribution in [3.63, 3.8) is 0 Å². The van der Waals surface area contributed by atoms with Crippen LogP contribution in [0.15, 0.2) is 218 Å². The van der Waals surface area contributed by atoms with Crippen LogP contribution in [0.3, 0.4) is 0 Å². The van der Waals surface area contributed by atoms with Gasteiger partial charge in [0.1, 0.15) is 0 Å². The van der Waals surface area contributed by atoms with Crippen LogP contribution in [0.1, 0.15) is 45.2 Å². The number of aromatic nitrogens is 4. The SMILES string of the molecule is c1ccc(-c2nc(-c3ccc4c(c3)C3c5ccccc5C4c4cc(-c5cc(-c6cccc7ccccc67)nc(-c6ccccc6)n5)ccc43)cc(-c3cccc4ccccc34)n2)cc1. The quantitative estimate of drug-likeness (QED) is 0.168. The van der Waals surface area contributed by atoms with Crippen LogP contribution in [0.25, 0.3) is 89.4 Å². The summed E-state index contributed by atoms with van der Waals surface area (Å²) in [6.07, 6.45) is 0. The van der Waals surface area contributed by atoms with Gasteiger partial charge in [-0.25, -0.2) is 19.9 Å². The molecule has 0 saturated carbocycles. The highest BCUT2D eigenvalue weighted by Crippen LogP contribution is 2.57. The van der Waals surface area contributed by atoms with Crippen molar-refractivity contribution in [3.8, 4) is 67.8 Å². The molecule has 2 unspecified atom stereocenters. The Morgan fingerprint density at radius 1 is 0.250 bits per heavy atom. The molecule has 2 heterocycles. The van der Waals surface area contributed by atoms with Crippen molar-refractivity contribution in [2.75, 3.05) is 0 Å². The Morgan fingerprint density at radius 2 is 0.625 bits per heavy atom. The van der Waals surface area contributed by atoms with Crippen LogP contribution in [0.5, 0.6) is 0 Å². The monoisotopic (exact) mass is 814 g/mol. The van der Waals surface area contributed by atoms with E-state index in [-0.39, 0.29) is 11.8 Å². The second kappa shape index (κ2) is 14.6. The van der Waals surface area contributed by atoms with Crippen LogP contribution < -0.4 is 0 Å². The largest absolute Gasteiger partial charge is 0.228 e. The Kier molecular flexibility index (Phi) is 8.31. The van der Waals surface area contributed by atoms with Gasteiger partial charge in [-0.15, -0.1) is 0 Å². The number of nitrogens with zero attached hydrogens (tertiary/aromatic N) is 4. The fraction of sp³-hybridized carbons (Fsp3) is 0.0333. The molecule has 64 heavy (non-hydrogen) atoms. The Bertz CT molecular complexity index is 3380. The summed E-state index contributed by atoms with van der Waals surface area (Å²) in [6, 6.07) is 78.0. The molecule has 2 atom stereocenters. The Morgan fingerprint density at radius 3 is 1.09 bits per heavy atom. The summed E-state index contributed by atoms with van der Waals surface area (Å²) in [5.41, 5.74) is 18.1. The van der Waals surface area contributed by atoms with Crippen LogP contribution in [0.4, 0.5) is 0 Å². The van der Waals surface area contributed by atoms with Gasteiger partial charge in [0, 0.05) is 45.2 Å². The fourth-order valence-corrected chi connectivity index (χ4v) is 10.3. The number of fused-ring (bicyclic) bond motifs is 2. The smallest absolute Gasteiger partial charge is 0.160 e. The van der Waals surface area contributed by atoms with Crippen molar-refractivity contribution in [3.05, 3.63) is 252 Å². The molecule has 0 spiro atoms. The van der Waals surface area contributed by atoms with Gasteiger partial charge < -0.3 is 0 Å². The summed E-state index contributed by atoms with van der Waals surface area (Å²) in [5, 5.41) is 4.72. The average molecular weight is 815 g/mol. The zero-order valence-electron chi connectivity index (χ0n) is 34.7. The third kappa shape index (κ3) is 5.91. The van der Waals surface area contributed by atoms with Gasteiger partial charge in [-0.2, -0.15) is 0 Å². The Labute approximate surface area is 371 Å². The lowest BCUT2D eigenvalue weighted by atomic mass is 9.60. The third-order valence-electron chi connectivity index (χ3n) is 13.3. The molecule has 9 aromatic carbocycles. The molecule has 298 valence electrons. The Balaban J connectivity index is 0.955. The summed E-state index contributed by atoms with van der Waals surface area (Å²) >= 11 is 0. The van der Waals surface area contributed by atoms with E-state index < -0.39 is 0 Å². The summed E-state index contributed by atoms with van der Waals surface area (Å²) in [5.74, 6) is 1.58. The topological polar surface area (TPSA) is 51.6 Å². The van der Waals surface area contributed by atoms with Gasteiger partial charge in [0.05, 0.1) is 22.8 Å². The molecule has 0 radical (unpaired) electrons. The molecule has 0 amide bonds. The summed E-state index contributed by atoms with van der Waals surface area (Å²) in [7, 11) is 0. The molecule has 0 saturated heterocycles. The van der Waals surface area contributed by atoms with Gasteiger partial charge in [-0.05, 0) is 79.2 Å². The van der Waals surface area contributed by atoms with Crippen LogP contribution in [-0.4, -0.2) is 19.9 Å². The second-order valence-corrected chi connectivity index (χ2v) is 16.9. The van der Waals surface area contributed by atoms with E-state index in [4.69, 9.17) is 19.9 Å². The average Bonchev–Trinajstić information content (AvgIpc) is 3.38. The second-order valence-electron chi connectivity index (χ2n) is 16.9. The lowest BCUT2D eigenvalue weighted by molar-refractivity contribution is 0.755. The molecule has 4 nitrogen and oxygen atoms in total. The first-order valence-corrected chi connectivity index (χ1v) is 21.9. The number of benzene rings is 9. The maximum absolute atomic E-state index is 5.28. The van der Waals surface area contributed by atoms with Crippen molar-refractivity contribution < 1.29 is 0 Å². The van der Waals surface area contributed by atoms with Gasteiger partial charge in [-0.3, -0.25) is 0 Å². The molecule has 3 aliphatic rings. The van der Waals surface area contributed by atoms with E-state index in [1.165, 1.54) is 54.9 Å². The lowest BCUT2D eigenvalue weighted by Gasteiger charge is -2.42. The fourth-order valence-electron chi connectivity index (χ4n) is 10.3. The van der Waals surface area contributed by atoms with Crippen LogP contribution >= 0.6 is 0 Å².